The summed E-state index contributed by atoms with van der Waals surface area (Å²) in [5.74, 6) is 1.26. The Hall–Kier alpha value is -1.62. The van der Waals surface area contributed by atoms with Crippen molar-refractivity contribution in [3.63, 3.8) is 0 Å². The third-order valence-corrected chi connectivity index (χ3v) is 2.84. The number of hydrogen-bond acceptors (Lipinski definition) is 4. The van der Waals surface area contributed by atoms with E-state index in [1.807, 2.05) is 19.2 Å². The molecule has 0 fully saturated rings. The highest BCUT2D eigenvalue weighted by Gasteiger charge is 2.32. The van der Waals surface area contributed by atoms with Gasteiger partial charge in [-0.1, -0.05) is 0 Å². The van der Waals surface area contributed by atoms with E-state index in [9.17, 15) is 4.79 Å². The maximum atomic E-state index is 12.0. The van der Waals surface area contributed by atoms with Crippen LogP contribution in [0.5, 0.6) is 5.75 Å². The standard InChI is InChI=1S/C12H17N3O2/c1-13-7-3-6-10-12(16)15(2)11-9(17-10)5-4-8-14-11/h4-5,8,10,13H,3,6-7H2,1-2H3. The molecule has 1 aliphatic heterocycles. The van der Waals surface area contributed by atoms with Crippen molar-refractivity contribution in [1.29, 1.82) is 0 Å². The number of nitrogens with one attached hydrogen (secondary N) is 1. The Labute approximate surface area is 101 Å². The van der Waals surface area contributed by atoms with Crippen LogP contribution in [0.2, 0.25) is 0 Å². The molecule has 1 N–H and O–H groups in total. The molecule has 0 spiro atoms. The monoisotopic (exact) mass is 235 g/mol. The van der Waals surface area contributed by atoms with Crippen molar-refractivity contribution in [3.05, 3.63) is 18.3 Å². The molecular weight excluding hydrogens is 218 g/mol. The van der Waals surface area contributed by atoms with Gasteiger partial charge >= 0.3 is 0 Å². The lowest BCUT2D eigenvalue weighted by Crippen LogP contribution is -2.44. The number of nitrogens with zero attached hydrogens (tertiary/aromatic N) is 2. The van der Waals surface area contributed by atoms with Gasteiger partial charge in [-0.3, -0.25) is 9.69 Å². The maximum absolute atomic E-state index is 12.0. The normalized spacial score (nSPS) is 18.8. The predicted octanol–water partition coefficient (Wildman–Crippen LogP) is 0.805. The quantitative estimate of drug-likeness (QED) is 0.784. The number of likely N-dealkylation sites (N-methyl/N-ethyl adjacent to an activating group) is 1. The summed E-state index contributed by atoms with van der Waals surface area (Å²) in [7, 11) is 3.64. The Kier molecular flexibility index (Phi) is 3.58. The Bertz CT molecular complexity index is 408. The van der Waals surface area contributed by atoms with Crippen molar-refractivity contribution in [2.45, 2.75) is 18.9 Å². The van der Waals surface area contributed by atoms with Crippen LogP contribution in [0.25, 0.3) is 0 Å². The van der Waals surface area contributed by atoms with Crippen molar-refractivity contribution in [3.8, 4) is 5.75 Å². The lowest BCUT2D eigenvalue weighted by Gasteiger charge is -2.30. The topological polar surface area (TPSA) is 54.5 Å². The van der Waals surface area contributed by atoms with Crippen LogP contribution in [-0.2, 0) is 4.79 Å². The number of rotatable bonds is 4. The smallest absolute Gasteiger partial charge is 0.269 e. The number of aromatic nitrogens is 1. The molecule has 92 valence electrons. The Balaban J connectivity index is 2.11. The molecule has 1 aliphatic rings. The fourth-order valence-corrected chi connectivity index (χ4v) is 1.90. The first-order valence-corrected chi connectivity index (χ1v) is 5.78. The average molecular weight is 235 g/mol. The summed E-state index contributed by atoms with van der Waals surface area (Å²) in [5, 5.41) is 3.06. The second kappa shape index (κ2) is 5.14. The van der Waals surface area contributed by atoms with Crippen molar-refractivity contribution in [2.75, 3.05) is 25.5 Å². The number of fused-ring (bicyclic) bond motifs is 1. The van der Waals surface area contributed by atoms with Gasteiger partial charge in [-0.2, -0.15) is 0 Å². The van der Waals surface area contributed by atoms with E-state index in [0.717, 1.165) is 19.4 Å². The molecule has 1 unspecified atom stereocenters. The van der Waals surface area contributed by atoms with Crippen LogP contribution in [0.15, 0.2) is 18.3 Å². The fourth-order valence-electron chi connectivity index (χ4n) is 1.90. The lowest BCUT2D eigenvalue weighted by molar-refractivity contribution is -0.126. The molecule has 0 bridgehead atoms. The summed E-state index contributed by atoms with van der Waals surface area (Å²) in [6.07, 6.45) is 2.91. The second-order valence-corrected chi connectivity index (χ2v) is 4.07. The van der Waals surface area contributed by atoms with Gasteiger partial charge in [0, 0.05) is 13.2 Å². The van der Waals surface area contributed by atoms with E-state index in [1.54, 1.807) is 18.1 Å². The lowest BCUT2D eigenvalue weighted by atomic mass is 10.1. The van der Waals surface area contributed by atoms with Crippen LogP contribution in [0, 0.1) is 0 Å². The van der Waals surface area contributed by atoms with Gasteiger partial charge in [0.25, 0.3) is 5.91 Å². The van der Waals surface area contributed by atoms with Crippen molar-refractivity contribution in [1.82, 2.24) is 10.3 Å². The second-order valence-electron chi connectivity index (χ2n) is 4.07. The third-order valence-electron chi connectivity index (χ3n) is 2.84. The van der Waals surface area contributed by atoms with Gasteiger partial charge in [0.05, 0.1) is 0 Å². The summed E-state index contributed by atoms with van der Waals surface area (Å²) in [6.45, 7) is 0.886. The Morgan fingerprint density at radius 1 is 1.59 bits per heavy atom. The average Bonchev–Trinajstić information content (AvgIpc) is 2.35. The SMILES string of the molecule is CNCCCC1Oc2cccnc2N(C)C1=O. The summed E-state index contributed by atoms with van der Waals surface area (Å²) < 4.78 is 5.68. The molecule has 1 aromatic rings. The molecule has 0 saturated heterocycles. The molecule has 5 heteroatoms. The predicted molar refractivity (Wildman–Crippen MR) is 65.2 cm³/mol. The highest BCUT2D eigenvalue weighted by molar-refractivity contribution is 5.98. The number of pyridine rings is 1. The number of amides is 1. The summed E-state index contributed by atoms with van der Waals surface area (Å²) in [5.41, 5.74) is 0. The van der Waals surface area contributed by atoms with E-state index < -0.39 is 0 Å². The highest BCUT2D eigenvalue weighted by Crippen LogP contribution is 2.31. The molecule has 1 atom stereocenters. The molecule has 5 nitrogen and oxygen atoms in total. The minimum atomic E-state index is -0.384. The molecule has 0 radical (unpaired) electrons. The van der Waals surface area contributed by atoms with E-state index in [-0.39, 0.29) is 12.0 Å². The maximum Gasteiger partial charge on any atom is 0.269 e. The van der Waals surface area contributed by atoms with E-state index in [4.69, 9.17) is 4.74 Å². The zero-order chi connectivity index (χ0) is 12.3. The van der Waals surface area contributed by atoms with Gasteiger partial charge in [-0.05, 0) is 38.6 Å². The van der Waals surface area contributed by atoms with E-state index in [1.165, 1.54) is 0 Å². The van der Waals surface area contributed by atoms with Gasteiger partial charge in [0.2, 0.25) is 0 Å². The van der Waals surface area contributed by atoms with E-state index >= 15 is 0 Å². The fraction of sp³-hybridized carbons (Fsp3) is 0.500. The molecular formula is C12H17N3O2. The summed E-state index contributed by atoms with van der Waals surface area (Å²) in [6, 6.07) is 3.66. The number of carbonyl (C=O) groups excluding carboxylic acids is 1. The first-order chi connectivity index (χ1) is 8.24. The zero-order valence-corrected chi connectivity index (χ0v) is 10.1. The van der Waals surface area contributed by atoms with Crippen molar-refractivity contribution >= 4 is 11.7 Å². The van der Waals surface area contributed by atoms with Crippen LogP contribution in [-0.4, -0.2) is 37.6 Å². The van der Waals surface area contributed by atoms with Gasteiger partial charge < -0.3 is 10.1 Å². The molecule has 1 aromatic heterocycles. The highest BCUT2D eigenvalue weighted by atomic mass is 16.5. The number of anilines is 1. The number of hydrogen-bond donors (Lipinski definition) is 1. The molecule has 2 heterocycles. The van der Waals surface area contributed by atoms with Crippen LogP contribution < -0.4 is 15.0 Å². The molecule has 0 aliphatic carbocycles. The van der Waals surface area contributed by atoms with Gasteiger partial charge in [-0.25, -0.2) is 4.98 Å². The van der Waals surface area contributed by atoms with Crippen LogP contribution in [0.3, 0.4) is 0 Å². The molecule has 0 aromatic carbocycles. The first-order valence-electron chi connectivity index (χ1n) is 5.78. The molecule has 0 saturated carbocycles. The van der Waals surface area contributed by atoms with E-state index in [0.29, 0.717) is 11.6 Å². The Morgan fingerprint density at radius 3 is 3.18 bits per heavy atom. The first kappa shape index (κ1) is 11.9. The summed E-state index contributed by atoms with van der Waals surface area (Å²) >= 11 is 0. The Morgan fingerprint density at radius 2 is 2.41 bits per heavy atom. The van der Waals surface area contributed by atoms with Crippen LogP contribution in [0.4, 0.5) is 5.82 Å². The minimum absolute atomic E-state index is 0.0210. The van der Waals surface area contributed by atoms with Crippen LogP contribution >= 0.6 is 0 Å². The number of ether oxygens (including phenoxy) is 1. The van der Waals surface area contributed by atoms with Gasteiger partial charge in [0.15, 0.2) is 17.7 Å². The third kappa shape index (κ3) is 2.39. The minimum Gasteiger partial charge on any atom is -0.477 e. The molecule has 17 heavy (non-hydrogen) atoms. The van der Waals surface area contributed by atoms with Crippen molar-refractivity contribution < 1.29 is 9.53 Å². The van der Waals surface area contributed by atoms with E-state index in [2.05, 4.69) is 10.3 Å². The van der Waals surface area contributed by atoms with Crippen LogP contribution in [0.1, 0.15) is 12.8 Å². The van der Waals surface area contributed by atoms with Gasteiger partial charge in [0.1, 0.15) is 0 Å². The van der Waals surface area contributed by atoms with Crippen molar-refractivity contribution in [2.24, 2.45) is 0 Å². The molecule has 1 amide bonds. The zero-order valence-electron chi connectivity index (χ0n) is 10.1. The summed E-state index contributed by atoms with van der Waals surface area (Å²) in [4.78, 5) is 17.7. The van der Waals surface area contributed by atoms with Gasteiger partial charge in [-0.15, -0.1) is 0 Å². The largest absolute Gasteiger partial charge is 0.477 e. The molecule has 2 rings (SSSR count). The number of carbonyl (C=O) groups is 1.